The van der Waals surface area contributed by atoms with Gasteiger partial charge in [-0.3, -0.25) is 9.59 Å². The number of carbonyl (C=O) groups excluding carboxylic acids is 2. The smallest absolute Gasteiger partial charge is 0.256 e. The minimum Gasteiger partial charge on any atom is -0.350 e. The summed E-state index contributed by atoms with van der Waals surface area (Å²) >= 11 is 12.1. The molecule has 0 aromatic heterocycles. The van der Waals surface area contributed by atoms with Crippen LogP contribution in [-0.4, -0.2) is 48.4 Å². The van der Waals surface area contributed by atoms with Crippen LogP contribution in [-0.2, 0) is 4.79 Å². The third-order valence-electron chi connectivity index (χ3n) is 4.62. The first-order valence-electron chi connectivity index (χ1n) is 8.33. The van der Waals surface area contributed by atoms with Crippen molar-refractivity contribution >= 4 is 35.0 Å². The number of halogens is 2. The molecule has 5 nitrogen and oxygen atoms in total. The third-order valence-corrected chi connectivity index (χ3v) is 5.18. The molecule has 2 fully saturated rings. The lowest BCUT2D eigenvalue weighted by Gasteiger charge is -2.29. The van der Waals surface area contributed by atoms with Crippen molar-refractivity contribution in [3.05, 3.63) is 33.8 Å². The Morgan fingerprint density at radius 3 is 2.79 bits per heavy atom. The fraction of sp³-hybridized carbons (Fsp3) is 0.529. The number of benzene rings is 1. The number of rotatable bonds is 3. The van der Waals surface area contributed by atoms with E-state index in [0.29, 0.717) is 28.6 Å². The maximum atomic E-state index is 12.8. The van der Waals surface area contributed by atoms with Crippen LogP contribution >= 0.6 is 23.2 Å². The molecule has 0 aliphatic carbocycles. The maximum absolute atomic E-state index is 12.8. The van der Waals surface area contributed by atoms with E-state index < -0.39 is 6.04 Å². The molecule has 1 aromatic rings. The first kappa shape index (κ1) is 17.5. The Morgan fingerprint density at radius 2 is 2.04 bits per heavy atom. The van der Waals surface area contributed by atoms with Gasteiger partial charge in [-0.1, -0.05) is 23.2 Å². The number of nitrogens with zero attached hydrogens (tertiary/aromatic N) is 1. The second-order valence-electron chi connectivity index (χ2n) is 6.33. The fourth-order valence-electron chi connectivity index (χ4n) is 3.37. The van der Waals surface area contributed by atoms with Crippen LogP contribution in [0.2, 0.25) is 10.0 Å². The maximum Gasteiger partial charge on any atom is 0.256 e. The number of hydrogen-bond acceptors (Lipinski definition) is 3. The van der Waals surface area contributed by atoms with Crippen molar-refractivity contribution in [2.24, 2.45) is 0 Å². The lowest BCUT2D eigenvalue weighted by Crippen LogP contribution is -2.52. The summed E-state index contributed by atoms with van der Waals surface area (Å²) in [4.78, 5) is 27.1. The molecule has 1 aromatic carbocycles. The molecule has 3 rings (SSSR count). The molecule has 130 valence electrons. The number of hydrogen-bond donors (Lipinski definition) is 2. The Kier molecular flexibility index (Phi) is 5.64. The monoisotopic (exact) mass is 369 g/mol. The molecule has 0 bridgehead atoms. The highest BCUT2D eigenvalue weighted by Gasteiger charge is 2.36. The molecular weight excluding hydrogens is 349 g/mol. The van der Waals surface area contributed by atoms with Gasteiger partial charge in [0.05, 0.1) is 10.6 Å². The Hall–Kier alpha value is -1.30. The molecular formula is C17H21Cl2N3O2. The Labute approximate surface area is 151 Å². The number of carbonyl (C=O) groups is 2. The lowest BCUT2D eigenvalue weighted by atomic mass is 10.1. The van der Waals surface area contributed by atoms with Gasteiger partial charge in [0.25, 0.3) is 5.91 Å². The average molecular weight is 370 g/mol. The Balaban J connectivity index is 1.71. The highest BCUT2D eigenvalue weighted by Crippen LogP contribution is 2.26. The summed E-state index contributed by atoms with van der Waals surface area (Å²) in [5.41, 5.74) is 0.350. The van der Waals surface area contributed by atoms with Crippen molar-refractivity contribution in [1.82, 2.24) is 15.5 Å². The predicted molar refractivity (Wildman–Crippen MR) is 94.6 cm³/mol. The molecule has 0 radical (unpaired) electrons. The molecule has 0 spiro atoms. The van der Waals surface area contributed by atoms with Crippen LogP contribution < -0.4 is 10.6 Å². The molecule has 2 aliphatic rings. The Bertz CT molecular complexity index is 632. The average Bonchev–Trinajstić information content (AvgIpc) is 3.07. The number of amides is 2. The molecule has 0 saturated carbocycles. The van der Waals surface area contributed by atoms with Gasteiger partial charge in [-0.15, -0.1) is 0 Å². The van der Waals surface area contributed by atoms with Crippen LogP contribution in [0.5, 0.6) is 0 Å². The molecule has 24 heavy (non-hydrogen) atoms. The summed E-state index contributed by atoms with van der Waals surface area (Å²) in [6, 6.07) is 4.51. The molecule has 2 aliphatic heterocycles. The normalized spacial score (nSPS) is 24.0. The van der Waals surface area contributed by atoms with Crippen LogP contribution in [0.15, 0.2) is 18.2 Å². The Morgan fingerprint density at radius 1 is 1.21 bits per heavy atom. The first-order chi connectivity index (χ1) is 11.6. The first-order valence-corrected chi connectivity index (χ1v) is 9.09. The highest BCUT2D eigenvalue weighted by atomic mass is 35.5. The van der Waals surface area contributed by atoms with E-state index in [4.69, 9.17) is 23.2 Å². The van der Waals surface area contributed by atoms with Crippen LogP contribution in [0.1, 0.15) is 36.0 Å². The third kappa shape index (κ3) is 3.85. The summed E-state index contributed by atoms with van der Waals surface area (Å²) in [6.45, 7) is 2.34. The highest BCUT2D eigenvalue weighted by molar-refractivity contribution is 6.35. The lowest BCUT2D eigenvalue weighted by molar-refractivity contribution is -0.125. The standard InChI is InChI=1S/C17H21Cl2N3O2/c18-11-5-6-14(19)13(9-11)17(24)22-8-2-4-15(22)16(23)21-12-3-1-7-20-10-12/h5-6,9,12,15,20H,1-4,7-8,10H2,(H,21,23). The molecule has 2 atom stereocenters. The number of likely N-dealkylation sites (tertiary alicyclic amines) is 1. The van der Waals surface area contributed by atoms with E-state index in [0.717, 1.165) is 32.4 Å². The summed E-state index contributed by atoms with van der Waals surface area (Å²) < 4.78 is 0. The van der Waals surface area contributed by atoms with E-state index in [1.165, 1.54) is 0 Å². The van der Waals surface area contributed by atoms with Gasteiger partial charge in [-0.05, 0) is 50.4 Å². The molecule has 2 saturated heterocycles. The van der Waals surface area contributed by atoms with E-state index in [2.05, 4.69) is 10.6 Å². The van der Waals surface area contributed by atoms with E-state index in [-0.39, 0.29) is 17.9 Å². The molecule has 2 N–H and O–H groups in total. The van der Waals surface area contributed by atoms with Crippen LogP contribution in [0.3, 0.4) is 0 Å². The largest absolute Gasteiger partial charge is 0.350 e. The second kappa shape index (κ2) is 7.72. The van der Waals surface area contributed by atoms with Crippen molar-refractivity contribution in [1.29, 1.82) is 0 Å². The van der Waals surface area contributed by atoms with Gasteiger partial charge < -0.3 is 15.5 Å². The van der Waals surface area contributed by atoms with Gasteiger partial charge >= 0.3 is 0 Å². The molecule has 2 amide bonds. The SMILES string of the molecule is O=C(NC1CCCNC1)C1CCCN1C(=O)c1cc(Cl)ccc1Cl. The minimum atomic E-state index is -0.436. The minimum absolute atomic E-state index is 0.0762. The van der Waals surface area contributed by atoms with Crippen molar-refractivity contribution in [2.75, 3.05) is 19.6 Å². The van der Waals surface area contributed by atoms with Gasteiger partial charge in [-0.2, -0.15) is 0 Å². The van der Waals surface area contributed by atoms with Crippen molar-refractivity contribution in [3.8, 4) is 0 Å². The van der Waals surface area contributed by atoms with Crippen LogP contribution in [0.25, 0.3) is 0 Å². The van der Waals surface area contributed by atoms with E-state index in [9.17, 15) is 9.59 Å². The molecule has 2 unspecified atom stereocenters. The zero-order chi connectivity index (χ0) is 17.1. The summed E-state index contributed by atoms with van der Waals surface area (Å²) in [7, 11) is 0. The summed E-state index contributed by atoms with van der Waals surface area (Å²) in [6.07, 6.45) is 3.51. The van der Waals surface area contributed by atoms with Crippen LogP contribution in [0.4, 0.5) is 0 Å². The predicted octanol–water partition coefficient (Wildman–Crippen LogP) is 2.47. The fourth-order valence-corrected chi connectivity index (χ4v) is 3.74. The van der Waals surface area contributed by atoms with Crippen molar-refractivity contribution < 1.29 is 9.59 Å². The van der Waals surface area contributed by atoms with Gasteiger partial charge in [0.15, 0.2) is 0 Å². The molecule has 2 heterocycles. The number of piperidine rings is 1. The summed E-state index contributed by atoms with van der Waals surface area (Å²) in [5.74, 6) is -0.311. The van der Waals surface area contributed by atoms with Gasteiger partial charge in [0, 0.05) is 24.2 Å². The van der Waals surface area contributed by atoms with Gasteiger partial charge in [0.2, 0.25) is 5.91 Å². The van der Waals surface area contributed by atoms with Gasteiger partial charge in [-0.25, -0.2) is 0 Å². The zero-order valence-electron chi connectivity index (χ0n) is 13.4. The summed E-state index contributed by atoms with van der Waals surface area (Å²) in [5, 5.41) is 7.15. The van der Waals surface area contributed by atoms with Crippen molar-refractivity contribution in [2.45, 2.75) is 37.8 Å². The van der Waals surface area contributed by atoms with E-state index in [1.807, 2.05) is 0 Å². The van der Waals surface area contributed by atoms with Gasteiger partial charge in [0.1, 0.15) is 6.04 Å². The zero-order valence-corrected chi connectivity index (χ0v) is 14.9. The van der Waals surface area contributed by atoms with Crippen molar-refractivity contribution in [3.63, 3.8) is 0 Å². The quantitative estimate of drug-likeness (QED) is 0.860. The van der Waals surface area contributed by atoms with E-state index in [1.54, 1.807) is 23.1 Å². The molecule has 7 heteroatoms. The second-order valence-corrected chi connectivity index (χ2v) is 7.18. The topological polar surface area (TPSA) is 61.4 Å². The van der Waals surface area contributed by atoms with Crippen LogP contribution in [0, 0.1) is 0 Å². The number of nitrogens with one attached hydrogen (secondary N) is 2. The van der Waals surface area contributed by atoms with E-state index >= 15 is 0 Å².